The van der Waals surface area contributed by atoms with Crippen LogP contribution in [0.4, 0.5) is 10.2 Å². The van der Waals surface area contributed by atoms with Crippen LogP contribution in [-0.4, -0.2) is 53.6 Å². The molecule has 0 aliphatic carbocycles. The van der Waals surface area contributed by atoms with E-state index in [9.17, 15) is 9.18 Å². The van der Waals surface area contributed by atoms with Gasteiger partial charge in [-0.3, -0.25) is 4.79 Å². The van der Waals surface area contributed by atoms with Crippen molar-refractivity contribution in [1.82, 2.24) is 14.9 Å². The molecule has 1 saturated heterocycles. The summed E-state index contributed by atoms with van der Waals surface area (Å²) >= 11 is 0. The zero-order valence-electron chi connectivity index (χ0n) is 16.8. The van der Waals surface area contributed by atoms with Gasteiger partial charge in [0.25, 0.3) is 5.91 Å². The topological polar surface area (TPSA) is 58.6 Å². The highest BCUT2D eigenvalue weighted by Gasteiger charge is 2.23. The fraction of sp³-hybridized carbons (Fsp3) is 0.261. The van der Waals surface area contributed by atoms with Gasteiger partial charge in [0.15, 0.2) is 0 Å². The van der Waals surface area contributed by atoms with Gasteiger partial charge in [-0.1, -0.05) is 0 Å². The normalized spacial score (nSPS) is 13.9. The second kappa shape index (κ2) is 8.90. The summed E-state index contributed by atoms with van der Waals surface area (Å²) in [4.78, 5) is 25.4. The van der Waals surface area contributed by atoms with Gasteiger partial charge in [0.05, 0.1) is 12.3 Å². The molecule has 7 heteroatoms. The Morgan fingerprint density at radius 1 is 1.00 bits per heavy atom. The van der Waals surface area contributed by atoms with Crippen LogP contribution in [0.2, 0.25) is 0 Å². The molecule has 0 radical (unpaired) electrons. The van der Waals surface area contributed by atoms with Crippen LogP contribution < -0.4 is 9.64 Å². The molecule has 1 fully saturated rings. The van der Waals surface area contributed by atoms with Crippen molar-refractivity contribution in [2.45, 2.75) is 6.92 Å². The first-order valence-electron chi connectivity index (χ1n) is 9.99. The molecule has 0 atom stereocenters. The third kappa shape index (κ3) is 4.40. The second-order valence-electron chi connectivity index (χ2n) is 7.00. The smallest absolute Gasteiger partial charge is 0.253 e. The van der Waals surface area contributed by atoms with E-state index < -0.39 is 0 Å². The van der Waals surface area contributed by atoms with Crippen LogP contribution in [0.5, 0.6) is 5.75 Å². The molecule has 0 N–H and O–H groups in total. The SMILES string of the molecule is CCOc1ccc(-c2cc(N3CCN(C(=O)c4ccc(F)cc4)CC3)ncn2)cc1. The van der Waals surface area contributed by atoms with Crippen LogP contribution >= 0.6 is 0 Å². The third-order valence-corrected chi connectivity index (χ3v) is 5.10. The van der Waals surface area contributed by atoms with E-state index in [-0.39, 0.29) is 11.7 Å². The van der Waals surface area contributed by atoms with Gasteiger partial charge >= 0.3 is 0 Å². The van der Waals surface area contributed by atoms with Gasteiger partial charge in [-0.25, -0.2) is 14.4 Å². The number of carbonyl (C=O) groups is 1. The molecule has 0 saturated carbocycles. The third-order valence-electron chi connectivity index (χ3n) is 5.10. The summed E-state index contributed by atoms with van der Waals surface area (Å²) in [5.41, 5.74) is 2.34. The maximum Gasteiger partial charge on any atom is 0.253 e. The summed E-state index contributed by atoms with van der Waals surface area (Å²) in [6.07, 6.45) is 1.57. The molecule has 2 heterocycles. The van der Waals surface area contributed by atoms with E-state index in [4.69, 9.17) is 4.74 Å². The van der Waals surface area contributed by atoms with Gasteiger partial charge in [0, 0.05) is 43.4 Å². The van der Waals surface area contributed by atoms with Gasteiger partial charge in [-0.05, 0) is 55.5 Å². The maximum atomic E-state index is 13.1. The van der Waals surface area contributed by atoms with Crippen LogP contribution in [0, 0.1) is 5.82 Å². The molecule has 1 amide bonds. The van der Waals surface area contributed by atoms with Gasteiger partial charge < -0.3 is 14.5 Å². The summed E-state index contributed by atoms with van der Waals surface area (Å²) in [6.45, 7) is 5.10. The van der Waals surface area contributed by atoms with Crippen LogP contribution in [-0.2, 0) is 0 Å². The molecule has 30 heavy (non-hydrogen) atoms. The number of anilines is 1. The second-order valence-corrected chi connectivity index (χ2v) is 7.00. The highest BCUT2D eigenvalue weighted by Crippen LogP contribution is 2.24. The molecule has 6 nitrogen and oxygen atoms in total. The van der Waals surface area contributed by atoms with Gasteiger partial charge in [-0.2, -0.15) is 0 Å². The molecule has 1 aliphatic heterocycles. The predicted octanol–water partition coefficient (Wildman–Crippen LogP) is 3.64. The fourth-order valence-corrected chi connectivity index (χ4v) is 3.48. The fourth-order valence-electron chi connectivity index (χ4n) is 3.48. The first-order chi connectivity index (χ1) is 14.6. The van der Waals surface area contributed by atoms with Crippen molar-refractivity contribution in [2.24, 2.45) is 0 Å². The highest BCUT2D eigenvalue weighted by atomic mass is 19.1. The molecule has 4 rings (SSSR count). The summed E-state index contributed by atoms with van der Waals surface area (Å²) in [5, 5.41) is 0. The molecule has 1 aromatic heterocycles. The van der Waals surface area contributed by atoms with Crippen molar-refractivity contribution in [2.75, 3.05) is 37.7 Å². The number of hydrogen-bond acceptors (Lipinski definition) is 5. The standard InChI is InChI=1S/C23H23FN4O2/c1-2-30-20-9-5-17(6-10-20)21-15-22(26-16-25-21)27-11-13-28(14-12-27)23(29)18-3-7-19(24)8-4-18/h3-10,15-16H,2,11-14H2,1H3. The zero-order chi connectivity index (χ0) is 20.9. The van der Waals surface area contributed by atoms with Crippen molar-refractivity contribution in [1.29, 1.82) is 0 Å². The minimum Gasteiger partial charge on any atom is -0.494 e. The average molecular weight is 406 g/mol. The molecular weight excluding hydrogens is 383 g/mol. The number of piperazine rings is 1. The molecule has 1 aliphatic rings. The Balaban J connectivity index is 1.42. The number of nitrogens with zero attached hydrogens (tertiary/aromatic N) is 4. The lowest BCUT2D eigenvalue weighted by Crippen LogP contribution is -2.49. The Kier molecular flexibility index (Phi) is 5.88. The maximum absolute atomic E-state index is 13.1. The Hall–Kier alpha value is -3.48. The van der Waals surface area contributed by atoms with Gasteiger partial charge in [0.1, 0.15) is 23.7 Å². The molecule has 0 unspecified atom stereocenters. The summed E-state index contributed by atoms with van der Waals surface area (Å²) in [5.74, 6) is 1.25. The average Bonchev–Trinajstić information content (AvgIpc) is 2.80. The van der Waals surface area contributed by atoms with Crippen molar-refractivity contribution in [3.05, 3.63) is 72.3 Å². The van der Waals surface area contributed by atoms with Crippen molar-refractivity contribution in [3.8, 4) is 17.0 Å². The van der Waals surface area contributed by atoms with E-state index in [1.54, 1.807) is 11.2 Å². The van der Waals surface area contributed by atoms with E-state index >= 15 is 0 Å². The Morgan fingerprint density at radius 2 is 1.70 bits per heavy atom. The monoisotopic (exact) mass is 406 g/mol. The van der Waals surface area contributed by atoms with E-state index in [1.165, 1.54) is 24.3 Å². The number of halogens is 1. The Bertz CT molecular complexity index is 1000. The van der Waals surface area contributed by atoms with E-state index in [2.05, 4.69) is 14.9 Å². The first-order valence-corrected chi connectivity index (χ1v) is 9.99. The van der Waals surface area contributed by atoms with Crippen LogP contribution in [0.25, 0.3) is 11.3 Å². The van der Waals surface area contributed by atoms with Crippen molar-refractivity contribution >= 4 is 11.7 Å². The largest absolute Gasteiger partial charge is 0.494 e. The highest BCUT2D eigenvalue weighted by molar-refractivity contribution is 5.94. The summed E-state index contributed by atoms with van der Waals surface area (Å²) < 4.78 is 18.6. The number of amides is 1. The van der Waals surface area contributed by atoms with Crippen LogP contribution in [0.3, 0.4) is 0 Å². The van der Waals surface area contributed by atoms with Crippen LogP contribution in [0.1, 0.15) is 17.3 Å². The molecule has 3 aromatic rings. The lowest BCUT2D eigenvalue weighted by molar-refractivity contribution is 0.0746. The molecule has 0 bridgehead atoms. The van der Waals surface area contributed by atoms with Gasteiger partial charge in [-0.15, -0.1) is 0 Å². The lowest BCUT2D eigenvalue weighted by Gasteiger charge is -2.35. The molecular formula is C23H23FN4O2. The first kappa shape index (κ1) is 19.8. The van der Waals surface area contributed by atoms with Gasteiger partial charge in [0.2, 0.25) is 0 Å². The molecule has 154 valence electrons. The predicted molar refractivity (Wildman–Crippen MR) is 113 cm³/mol. The summed E-state index contributed by atoms with van der Waals surface area (Å²) in [6, 6.07) is 15.5. The number of hydrogen-bond donors (Lipinski definition) is 0. The zero-order valence-corrected chi connectivity index (χ0v) is 16.8. The number of aromatic nitrogens is 2. The molecule has 0 spiro atoms. The molecule has 2 aromatic carbocycles. The minimum atomic E-state index is -0.344. The number of ether oxygens (including phenoxy) is 1. The van der Waals surface area contributed by atoms with Crippen molar-refractivity contribution in [3.63, 3.8) is 0 Å². The number of benzene rings is 2. The number of rotatable bonds is 5. The summed E-state index contributed by atoms with van der Waals surface area (Å²) in [7, 11) is 0. The van der Waals surface area contributed by atoms with E-state index in [0.29, 0.717) is 38.3 Å². The lowest BCUT2D eigenvalue weighted by atomic mass is 10.1. The Labute approximate surface area is 174 Å². The van der Waals surface area contributed by atoms with E-state index in [0.717, 1.165) is 22.8 Å². The van der Waals surface area contributed by atoms with Crippen molar-refractivity contribution < 1.29 is 13.9 Å². The quantitative estimate of drug-likeness (QED) is 0.647. The van der Waals surface area contributed by atoms with Crippen LogP contribution in [0.15, 0.2) is 60.9 Å². The Morgan fingerprint density at radius 3 is 2.37 bits per heavy atom. The number of carbonyl (C=O) groups excluding carboxylic acids is 1. The van der Waals surface area contributed by atoms with E-state index in [1.807, 2.05) is 37.3 Å². The minimum absolute atomic E-state index is 0.0765.